The summed E-state index contributed by atoms with van der Waals surface area (Å²) in [5, 5.41) is 3.28. The van der Waals surface area contributed by atoms with Crippen molar-refractivity contribution in [2.45, 2.75) is 43.7 Å². The Hall–Kier alpha value is -2.98. The molecule has 0 aliphatic carbocycles. The second kappa shape index (κ2) is 10.8. The van der Waals surface area contributed by atoms with Crippen molar-refractivity contribution in [1.82, 2.24) is 10.3 Å². The summed E-state index contributed by atoms with van der Waals surface area (Å²) in [4.78, 5) is 29.9. The fourth-order valence-electron chi connectivity index (χ4n) is 4.19. The van der Waals surface area contributed by atoms with Gasteiger partial charge in [-0.25, -0.2) is 8.42 Å². The molecular formula is C26H26Cl2N4O4S. The van der Waals surface area contributed by atoms with Gasteiger partial charge in [-0.05, 0) is 55.3 Å². The van der Waals surface area contributed by atoms with E-state index in [-0.39, 0.29) is 45.2 Å². The molecule has 0 fully saturated rings. The van der Waals surface area contributed by atoms with Gasteiger partial charge in [0, 0.05) is 19.0 Å². The van der Waals surface area contributed by atoms with Gasteiger partial charge in [0.1, 0.15) is 0 Å². The van der Waals surface area contributed by atoms with Gasteiger partial charge in [0.05, 0.1) is 50.5 Å². The Morgan fingerprint density at radius 2 is 1.84 bits per heavy atom. The van der Waals surface area contributed by atoms with E-state index in [1.165, 1.54) is 16.6 Å². The number of rotatable bonds is 7. The molecular weight excluding hydrogens is 535 g/mol. The minimum absolute atomic E-state index is 0.0167. The Balaban J connectivity index is 1.73. The highest BCUT2D eigenvalue weighted by molar-refractivity contribution is 7.92. The van der Waals surface area contributed by atoms with Gasteiger partial charge in [-0.1, -0.05) is 41.4 Å². The molecule has 3 aromatic rings. The zero-order chi connectivity index (χ0) is 26.9. The monoisotopic (exact) mass is 560 g/mol. The van der Waals surface area contributed by atoms with Crippen molar-refractivity contribution >= 4 is 50.6 Å². The summed E-state index contributed by atoms with van der Waals surface area (Å²) in [5.41, 5.74) is 8.02. The number of carbonyl (C=O) groups excluding carboxylic acids is 2. The van der Waals surface area contributed by atoms with Crippen LogP contribution in [0.2, 0.25) is 10.0 Å². The average molecular weight is 561 g/mol. The smallest absolute Gasteiger partial charge is 0.264 e. The molecule has 0 radical (unpaired) electrons. The number of pyridine rings is 1. The molecule has 3 N–H and O–H groups in total. The number of amides is 1. The fraction of sp³-hybridized carbons (Fsp3) is 0.269. The van der Waals surface area contributed by atoms with Crippen LogP contribution in [0.5, 0.6) is 0 Å². The minimum atomic E-state index is -4.01. The molecule has 1 amide bonds. The Morgan fingerprint density at radius 3 is 2.49 bits per heavy atom. The number of hydrogen-bond donors (Lipinski definition) is 2. The van der Waals surface area contributed by atoms with Crippen LogP contribution < -0.4 is 15.4 Å². The number of nitrogens with one attached hydrogen (secondary N) is 1. The molecule has 37 heavy (non-hydrogen) atoms. The normalized spacial score (nSPS) is 16.1. The first-order valence-electron chi connectivity index (χ1n) is 11.6. The highest BCUT2D eigenvalue weighted by Gasteiger charge is 2.35. The van der Waals surface area contributed by atoms with E-state index in [1.54, 1.807) is 56.3 Å². The predicted octanol–water partition coefficient (Wildman–Crippen LogP) is 3.71. The molecule has 0 spiro atoms. The van der Waals surface area contributed by atoms with E-state index in [9.17, 15) is 18.0 Å². The maximum atomic E-state index is 13.8. The van der Waals surface area contributed by atoms with Crippen LogP contribution in [-0.4, -0.2) is 43.7 Å². The van der Waals surface area contributed by atoms with E-state index >= 15 is 0 Å². The number of sulfonamides is 1. The second-order valence-corrected chi connectivity index (χ2v) is 11.7. The summed E-state index contributed by atoms with van der Waals surface area (Å²) in [6.07, 6.45) is 1.75. The molecule has 2 atom stereocenters. The molecule has 194 valence electrons. The molecule has 1 aliphatic rings. The van der Waals surface area contributed by atoms with Crippen molar-refractivity contribution in [1.29, 1.82) is 0 Å². The zero-order valence-electron chi connectivity index (χ0n) is 20.2. The highest BCUT2D eigenvalue weighted by Crippen LogP contribution is 2.33. The number of aryl methyl sites for hydroxylation is 1. The summed E-state index contributed by atoms with van der Waals surface area (Å²) in [6, 6.07) is 11.7. The van der Waals surface area contributed by atoms with Crippen LogP contribution in [-0.2, 0) is 27.7 Å². The minimum Gasteiger partial charge on any atom is -0.350 e. The third-order valence-electron chi connectivity index (χ3n) is 6.04. The largest absolute Gasteiger partial charge is 0.350 e. The zero-order valence-corrected chi connectivity index (χ0v) is 22.6. The molecule has 2 heterocycles. The number of halogens is 2. The molecule has 0 saturated heterocycles. The molecule has 0 bridgehead atoms. The van der Waals surface area contributed by atoms with E-state index in [1.807, 2.05) is 0 Å². The first kappa shape index (κ1) is 27.1. The summed E-state index contributed by atoms with van der Waals surface area (Å²) < 4.78 is 28.8. The molecule has 11 heteroatoms. The van der Waals surface area contributed by atoms with Crippen LogP contribution in [0.4, 0.5) is 5.69 Å². The first-order valence-corrected chi connectivity index (χ1v) is 13.8. The Kier molecular flexibility index (Phi) is 7.89. The molecule has 4 rings (SSSR count). The van der Waals surface area contributed by atoms with Crippen LogP contribution in [0.3, 0.4) is 0 Å². The molecule has 1 aromatic heterocycles. The molecule has 2 aromatic carbocycles. The number of aromatic nitrogens is 1. The third-order valence-corrected chi connectivity index (χ3v) is 8.45. The lowest BCUT2D eigenvalue weighted by Crippen LogP contribution is -2.53. The Morgan fingerprint density at radius 1 is 1.16 bits per heavy atom. The summed E-state index contributed by atoms with van der Waals surface area (Å²) >= 11 is 12.4. The number of ketones is 1. The number of benzene rings is 2. The Bertz CT molecular complexity index is 1460. The van der Waals surface area contributed by atoms with Crippen molar-refractivity contribution < 1.29 is 18.0 Å². The van der Waals surface area contributed by atoms with Crippen molar-refractivity contribution in [3.8, 4) is 0 Å². The van der Waals surface area contributed by atoms with Crippen LogP contribution >= 0.6 is 23.2 Å². The SMILES string of the molecule is Cc1cccc(S(=O)(=O)N2C[C@H](NC(=O)[C@H](C)N)Cc3ncc(CC(=O)c4c(Cl)cccc4Cl)cc32)c1. The van der Waals surface area contributed by atoms with Gasteiger partial charge in [0.2, 0.25) is 5.91 Å². The molecule has 0 saturated carbocycles. The number of carbonyl (C=O) groups is 2. The van der Waals surface area contributed by atoms with Gasteiger partial charge in [0.15, 0.2) is 5.78 Å². The maximum Gasteiger partial charge on any atom is 0.264 e. The second-order valence-electron chi connectivity index (χ2n) is 9.06. The van der Waals surface area contributed by atoms with Gasteiger partial charge < -0.3 is 11.1 Å². The van der Waals surface area contributed by atoms with Crippen molar-refractivity contribution in [3.05, 3.63) is 87.2 Å². The van der Waals surface area contributed by atoms with Gasteiger partial charge in [-0.3, -0.25) is 18.9 Å². The number of fused-ring (bicyclic) bond motifs is 1. The molecule has 8 nitrogen and oxygen atoms in total. The number of anilines is 1. The highest BCUT2D eigenvalue weighted by atomic mass is 35.5. The number of nitrogens with two attached hydrogens (primary N) is 1. The summed E-state index contributed by atoms with van der Waals surface area (Å²) in [6.45, 7) is 3.34. The van der Waals surface area contributed by atoms with Crippen molar-refractivity contribution in [3.63, 3.8) is 0 Å². The van der Waals surface area contributed by atoms with E-state index in [4.69, 9.17) is 28.9 Å². The van der Waals surface area contributed by atoms with Crippen molar-refractivity contribution in [2.24, 2.45) is 5.73 Å². The summed E-state index contributed by atoms with van der Waals surface area (Å²) in [7, 11) is -4.01. The third kappa shape index (κ3) is 5.80. The maximum absolute atomic E-state index is 13.8. The van der Waals surface area contributed by atoms with Crippen molar-refractivity contribution in [2.75, 3.05) is 10.8 Å². The van der Waals surface area contributed by atoms with Crippen LogP contribution in [0.1, 0.15) is 34.1 Å². The van der Waals surface area contributed by atoms with Gasteiger partial charge >= 0.3 is 0 Å². The molecule has 1 aliphatic heterocycles. The van der Waals surface area contributed by atoms with Gasteiger partial charge in [-0.2, -0.15) is 0 Å². The van der Waals surface area contributed by atoms with E-state index in [2.05, 4.69) is 10.3 Å². The van der Waals surface area contributed by atoms with Gasteiger partial charge in [-0.15, -0.1) is 0 Å². The first-order chi connectivity index (χ1) is 17.5. The lowest BCUT2D eigenvalue weighted by atomic mass is 10.00. The lowest BCUT2D eigenvalue weighted by molar-refractivity contribution is -0.122. The Labute approximate surface area is 225 Å². The number of hydrogen-bond acceptors (Lipinski definition) is 6. The van der Waals surface area contributed by atoms with Gasteiger partial charge in [0.25, 0.3) is 10.0 Å². The predicted molar refractivity (Wildman–Crippen MR) is 144 cm³/mol. The van der Waals surface area contributed by atoms with E-state index < -0.39 is 22.1 Å². The summed E-state index contributed by atoms with van der Waals surface area (Å²) in [5.74, 6) is -0.705. The van der Waals surface area contributed by atoms with Crippen LogP contribution in [0.15, 0.2) is 59.6 Å². The average Bonchev–Trinajstić information content (AvgIpc) is 2.83. The number of Topliss-reactive ketones (excluding diaryl/α,β-unsaturated/α-hetero) is 1. The standard InChI is InChI=1S/C26H26Cl2N4O4S/c1-15-5-3-6-19(9-15)37(35,36)32-14-18(31-26(34)16(2)29)12-22-23(32)10-17(13-30-22)11-24(33)25-20(27)7-4-8-21(25)28/h3-10,13,16,18H,11-12,14,29H2,1-2H3,(H,31,34)/t16-,18+/m0/s1. The molecule has 0 unspecified atom stereocenters. The van der Waals surface area contributed by atoms with Crippen LogP contribution in [0, 0.1) is 6.92 Å². The topological polar surface area (TPSA) is 122 Å². The lowest BCUT2D eigenvalue weighted by Gasteiger charge is -2.35. The fourth-order valence-corrected chi connectivity index (χ4v) is 6.43. The number of nitrogens with zero attached hydrogens (tertiary/aromatic N) is 2. The van der Waals surface area contributed by atoms with Crippen LogP contribution in [0.25, 0.3) is 0 Å². The van der Waals surface area contributed by atoms with E-state index in [0.717, 1.165) is 5.56 Å². The quantitative estimate of drug-likeness (QED) is 0.424. The van der Waals surface area contributed by atoms with E-state index in [0.29, 0.717) is 23.4 Å².